The molecule has 0 saturated carbocycles. The molecule has 0 saturated heterocycles. The Morgan fingerprint density at radius 2 is 1.90 bits per heavy atom. The summed E-state index contributed by atoms with van der Waals surface area (Å²) in [6.45, 7) is 4.96. The minimum absolute atomic E-state index is 0.382. The zero-order valence-corrected chi connectivity index (χ0v) is 5.19. The third-order valence-electron chi connectivity index (χ3n) is 1.10. The highest BCUT2D eigenvalue weighted by atomic mass is 16.3. The Morgan fingerprint density at radius 1 is 1.30 bits per heavy atom. The van der Waals surface area contributed by atoms with Gasteiger partial charge in [0.15, 0.2) is 0 Å². The van der Waals surface area contributed by atoms with Crippen molar-refractivity contribution in [2.45, 2.75) is 0 Å². The van der Waals surface area contributed by atoms with E-state index in [9.17, 15) is 4.91 Å². The predicted octanol–water partition coefficient (Wildman–Crippen LogP) is 2.68. The van der Waals surface area contributed by atoms with Crippen molar-refractivity contribution in [1.29, 1.82) is 0 Å². The lowest BCUT2D eigenvalue weighted by atomic mass is 10.3. The maximum Gasteiger partial charge on any atom is 0.340 e. The van der Waals surface area contributed by atoms with E-state index in [4.69, 9.17) is 6.57 Å². The maximum absolute atomic E-state index is 9.89. The number of benzene rings is 1. The molecule has 48 valence electrons. The highest BCUT2D eigenvalue weighted by Crippen LogP contribution is 2.17. The van der Waals surface area contributed by atoms with Gasteiger partial charge in [0.1, 0.15) is 5.69 Å². The Bertz CT molecular complexity index is 271. The molecule has 0 aliphatic carbocycles. The lowest BCUT2D eigenvalue weighted by molar-refractivity contribution is 1.50. The molecular formula is C7H5N2O+. The predicted molar refractivity (Wildman–Crippen MR) is 39.9 cm³/mol. The molecule has 1 rings (SSSR count). The second kappa shape index (κ2) is 2.74. The molecule has 3 heteroatoms. The third-order valence-corrected chi connectivity index (χ3v) is 1.10. The summed E-state index contributed by atoms with van der Waals surface area (Å²) >= 11 is 0. The molecule has 3 nitrogen and oxygen atoms in total. The summed E-state index contributed by atoms with van der Waals surface area (Å²) in [5, 5.41) is 2.71. The fourth-order valence-corrected chi connectivity index (χ4v) is 0.600. The first kappa shape index (κ1) is 6.43. The van der Waals surface area contributed by atoms with Crippen LogP contribution in [0.4, 0.5) is 11.4 Å². The van der Waals surface area contributed by atoms with E-state index in [1.165, 1.54) is 0 Å². The number of hydrogen-bond acceptors (Lipinski definition) is 2. The van der Waals surface area contributed by atoms with Crippen molar-refractivity contribution in [2.75, 3.05) is 0 Å². The largest absolute Gasteiger partial charge is 0.340 e. The zero-order chi connectivity index (χ0) is 7.40. The van der Waals surface area contributed by atoms with Crippen LogP contribution in [0.25, 0.3) is 4.85 Å². The molecule has 1 aromatic carbocycles. The van der Waals surface area contributed by atoms with Gasteiger partial charge in [0.25, 0.3) is 6.57 Å². The monoisotopic (exact) mass is 133 g/mol. The minimum atomic E-state index is 0.382. The van der Waals surface area contributed by atoms with Crippen molar-refractivity contribution >= 4 is 11.4 Å². The Kier molecular flexibility index (Phi) is 1.76. The normalized spacial score (nSPS) is 8.30. The Morgan fingerprint density at radius 3 is 2.30 bits per heavy atom. The molecular weight excluding hydrogens is 128 g/mol. The van der Waals surface area contributed by atoms with Crippen LogP contribution < -0.4 is 0 Å². The van der Waals surface area contributed by atoms with Crippen molar-refractivity contribution in [2.24, 2.45) is 5.18 Å². The summed E-state index contributed by atoms with van der Waals surface area (Å²) in [5.74, 6) is 0. The van der Waals surface area contributed by atoms with Crippen LogP contribution in [0.3, 0.4) is 0 Å². The van der Waals surface area contributed by atoms with Gasteiger partial charge in [-0.1, -0.05) is 0 Å². The lowest BCUT2D eigenvalue weighted by Gasteiger charge is -1.80. The second-order valence-corrected chi connectivity index (χ2v) is 1.74. The number of nitroso groups, excluding NO2 is 1. The van der Waals surface area contributed by atoms with Gasteiger partial charge in [-0.05, 0) is 22.2 Å². The van der Waals surface area contributed by atoms with Crippen LogP contribution in [-0.4, -0.2) is 0 Å². The Labute approximate surface area is 58.1 Å². The van der Waals surface area contributed by atoms with Crippen molar-refractivity contribution in [1.82, 2.24) is 0 Å². The van der Waals surface area contributed by atoms with E-state index in [-0.39, 0.29) is 0 Å². The van der Waals surface area contributed by atoms with Crippen molar-refractivity contribution in [3.8, 4) is 6.57 Å². The van der Waals surface area contributed by atoms with Gasteiger partial charge in [-0.2, -0.15) is 0 Å². The molecule has 1 aromatic rings. The SMILES string of the molecule is C#[N+]c1ccc(N=O)cc1. The minimum Gasteiger partial charge on any atom is -0.145 e. The highest BCUT2D eigenvalue weighted by Gasteiger charge is 1.97. The molecule has 10 heavy (non-hydrogen) atoms. The van der Waals surface area contributed by atoms with Gasteiger partial charge in [0.2, 0.25) is 0 Å². The van der Waals surface area contributed by atoms with Gasteiger partial charge < -0.3 is 0 Å². The first-order chi connectivity index (χ1) is 4.86. The second-order valence-electron chi connectivity index (χ2n) is 1.74. The summed E-state index contributed by atoms with van der Waals surface area (Å²) in [7, 11) is 0. The maximum atomic E-state index is 9.89. The molecule has 0 aromatic heterocycles. The summed E-state index contributed by atoms with van der Waals surface area (Å²) in [6, 6.07) is 6.35. The van der Waals surface area contributed by atoms with E-state index in [0.717, 1.165) is 0 Å². The van der Waals surface area contributed by atoms with Crippen molar-refractivity contribution in [3.05, 3.63) is 34.0 Å². The average Bonchev–Trinajstić information content (AvgIpc) is 2.05. The molecule has 0 spiro atoms. The van der Waals surface area contributed by atoms with Gasteiger partial charge in [0, 0.05) is 12.1 Å². The van der Waals surface area contributed by atoms with Gasteiger partial charge in [-0.3, -0.25) is 0 Å². The molecule has 0 bridgehead atoms. The van der Waals surface area contributed by atoms with Gasteiger partial charge in [-0.15, -0.1) is 4.91 Å². The molecule has 0 aliphatic rings. The molecule has 0 fully saturated rings. The first-order valence-electron chi connectivity index (χ1n) is 2.71. The molecule has 0 aliphatic heterocycles. The molecule has 0 radical (unpaired) electrons. The van der Waals surface area contributed by atoms with Gasteiger partial charge in [0.05, 0.1) is 0 Å². The van der Waals surface area contributed by atoms with Crippen LogP contribution in [-0.2, 0) is 0 Å². The van der Waals surface area contributed by atoms with Crippen molar-refractivity contribution in [3.63, 3.8) is 0 Å². The van der Waals surface area contributed by atoms with E-state index in [0.29, 0.717) is 11.4 Å². The van der Waals surface area contributed by atoms with Crippen LogP contribution in [0.2, 0.25) is 0 Å². The van der Waals surface area contributed by atoms with Crippen LogP contribution >= 0.6 is 0 Å². The average molecular weight is 133 g/mol. The smallest absolute Gasteiger partial charge is 0.145 e. The van der Waals surface area contributed by atoms with E-state index in [2.05, 4.69) is 10.0 Å². The van der Waals surface area contributed by atoms with Crippen LogP contribution in [0.5, 0.6) is 0 Å². The topological polar surface area (TPSA) is 33.8 Å². The fourth-order valence-electron chi connectivity index (χ4n) is 0.600. The first-order valence-corrected chi connectivity index (χ1v) is 2.71. The summed E-state index contributed by atoms with van der Waals surface area (Å²) in [5.41, 5.74) is 1.01. The van der Waals surface area contributed by atoms with Gasteiger partial charge in [-0.25, -0.2) is 0 Å². The number of nitrogens with zero attached hydrogens (tertiary/aromatic N) is 2. The molecule has 0 heterocycles. The summed E-state index contributed by atoms with van der Waals surface area (Å²) < 4.78 is 0. The van der Waals surface area contributed by atoms with Crippen molar-refractivity contribution < 1.29 is 0 Å². The van der Waals surface area contributed by atoms with E-state index in [1.807, 2.05) is 0 Å². The highest BCUT2D eigenvalue weighted by molar-refractivity contribution is 5.51. The molecule has 0 unspecified atom stereocenters. The van der Waals surface area contributed by atoms with Crippen LogP contribution in [0.15, 0.2) is 29.4 Å². The Hall–Kier alpha value is -1.69. The van der Waals surface area contributed by atoms with Gasteiger partial charge >= 0.3 is 5.69 Å². The fraction of sp³-hybridized carbons (Fsp3) is 0. The quantitative estimate of drug-likeness (QED) is 0.542. The number of hydrogen-bond donors (Lipinski definition) is 0. The summed E-state index contributed by atoms with van der Waals surface area (Å²) in [6.07, 6.45) is 0. The molecule has 0 N–H and O–H groups in total. The van der Waals surface area contributed by atoms with E-state index in [1.54, 1.807) is 24.3 Å². The standard InChI is InChI=1S/C7H5N2O/c1-8-6-2-4-7(9-10)5-3-6/h1-5H/q+1. The zero-order valence-electron chi connectivity index (χ0n) is 5.19. The third kappa shape index (κ3) is 1.17. The number of rotatable bonds is 1. The van der Waals surface area contributed by atoms with E-state index >= 15 is 0 Å². The van der Waals surface area contributed by atoms with Crippen LogP contribution in [0.1, 0.15) is 0 Å². The molecule has 0 atom stereocenters. The van der Waals surface area contributed by atoms with Crippen LogP contribution in [0, 0.1) is 11.5 Å². The molecule has 0 amide bonds. The lowest BCUT2D eigenvalue weighted by Crippen LogP contribution is -1.60. The summed E-state index contributed by atoms with van der Waals surface area (Å²) in [4.78, 5) is 13.3. The van der Waals surface area contributed by atoms with E-state index < -0.39 is 0 Å². The Balaban J connectivity index is 3.04.